The van der Waals surface area contributed by atoms with E-state index in [1.54, 1.807) is 0 Å². The van der Waals surface area contributed by atoms with Crippen LogP contribution in [0.5, 0.6) is 11.5 Å². The molecule has 0 aliphatic heterocycles. The lowest BCUT2D eigenvalue weighted by molar-refractivity contribution is 0.484. The van der Waals surface area contributed by atoms with Crippen molar-refractivity contribution in [2.24, 2.45) is 0 Å². The predicted molar refractivity (Wildman–Crippen MR) is 71.5 cm³/mol. The molecule has 0 heterocycles. The smallest absolute Gasteiger partial charge is 0.150 e. The molecule has 2 aromatic carbocycles. The summed E-state index contributed by atoms with van der Waals surface area (Å²) < 4.78 is 5.78. The summed E-state index contributed by atoms with van der Waals surface area (Å²) in [4.78, 5) is 0. The number of benzene rings is 2. The summed E-state index contributed by atoms with van der Waals surface area (Å²) in [6, 6.07) is 13.9. The van der Waals surface area contributed by atoms with Crippen molar-refractivity contribution < 1.29 is 4.74 Å². The van der Waals surface area contributed by atoms with E-state index in [4.69, 9.17) is 10.5 Å². The van der Waals surface area contributed by atoms with Crippen LogP contribution in [-0.4, -0.2) is 0 Å². The first-order valence-electron chi connectivity index (χ1n) is 5.82. The molecular formula is C15H17NO. The summed E-state index contributed by atoms with van der Waals surface area (Å²) in [6.07, 6.45) is 1.00. The minimum absolute atomic E-state index is 0.673. The first-order valence-corrected chi connectivity index (χ1v) is 5.82. The molecule has 0 aliphatic carbocycles. The zero-order valence-corrected chi connectivity index (χ0v) is 10.2. The molecule has 0 spiro atoms. The Labute approximate surface area is 102 Å². The van der Waals surface area contributed by atoms with E-state index in [9.17, 15) is 0 Å². The van der Waals surface area contributed by atoms with Crippen molar-refractivity contribution in [3.8, 4) is 11.5 Å². The van der Waals surface area contributed by atoms with Crippen molar-refractivity contribution in [2.45, 2.75) is 20.3 Å². The summed E-state index contributed by atoms with van der Waals surface area (Å²) in [6.45, 7) is 4.14. The van der Waals surface area contributed by atoms with E-state index in [-0.39, 0.29) is 0 Å². The minimum Gasteiger partial charge on any atom is -0.455 e. The number of ether oxygens (including phenoxy) is 1. The second-order valence-electron chi connectivity index (χ2n) is 4.14. The van der Waals surface area contributed by atoms with Gasteiger partial charge in [-0.25, -0.2) is 0 Å². The molecular weight excluding hydrogens is 210 g/mol. The van der Waals surface area contributed by atoms with E-state index in [1.807, 2.05) is 43.3 Å². The number of anilines is 1. The molecule has 0 saturated carbocycles. The minimum atomic E-state index is 0.673. The summed E-state index contributed by atoms with van der Waals surface area (Å²) >= 11 is 0. The van der Waals surface area contributed by atoms with Gasteiger partial charge in [0.1, 0.15) is 11.5 Å². The van der Waals surface area contributed by atoms with Crippen LogP contribution in [0.4, 0.5) is 5.69 Å². The number of nitrogen functional groups attached to an aromatic ring is 1. The van der Waals surface area contributed by atoms with Crippen molar-refractivity contribution in [1.82, 2.24) is 0 Å². The van der Waals surface area contributed by atoms with Gasteiger partial charge in [0, 0.05) is 0 Å². The van der Waals surface area contributed by atoms with E-state index in [0.717, 1.165) is 17.7 Å². The molecule has 17 heavy (non-hydrogen) atoms. The van der Waals surface area contributed by atoms with Gasteiger partial charge in [-0.2, -0.15) is 0 Å². The monoisotopic (exact) mass is 227 g/mol. The maximum atomic E-state index is 5.91. The standard InChI is InChI=1S/C15H17NO/c1-3-12-5-4-6-13(10-12)17-15-8-7-11(2)9-14(15)16/h4-10H,3,16H2,1-2H3. The lowest BCUT2D eigenvalue weighted by atomic mass is 10.1. The van der Waals surface area contributed by atoms with Gasteiger partial charge in [-0.15, -0.1) is 0 Å². The summed E-state index contributed by atoms with van der Waals surface area (Å²) in [5.41, 5.74) is 8.98. The molecule has 88 valence electrons. The summed E-state index contributed by atoms with van der Waals surface area (Å²) in [5.74, 6) is 1.55. The first kappa shape index (κ1) is 11.5. The zero-order chi connectivity index (χ0) is 12.3. The van der Waals surface area contributed by atoms with Crippen molar-refractivity contribution in [3.63, 3.8) is 0 Å². The van der Waals surface area contributed by atoms with Crippen molar-refractivity contribution in [2.75, 3.05) is 5.73 Å². The molecule has 0 fully saturated rings. The van der Waals surface area contributed by atoms with Crippen LogP contribution in [0.1, 0.15) is 18.1 Å². The second-order valence-corrected chi connectivity index (χ2v) is 4.14. The fraction of sp³-hybridized carbons (Fsp3) is 0.200. The Balaban J connectivity index is 2.25. The summed E-state index contributed by atoms with van der Waals surface area (Å²) in [7, 11) is 0. The van der Waals surface area contributed by atoms with Crippen molar-refractivity contribution in [3.05, 3.63) is 53.6 Å². The maximum absolute atomic E-state index is 5.91. The Morgan fingerprint density at radius 1 is 1.12 bits per heavy atom. The Bertz CT molecular complexity index is 520. The predicted octanol–water partition coefficient (Wildman–Crippen LogP) is 3.93. The van der Waals surface area contributed by atoms with Crippen LogP contribution in [0.2, 0.25) is 0 Å². The van der Waals surface area contributed by atoms with Gasteiger partial charge in [0.25, 0.3) is 0 Å². The Morgan fingerprint density at radius 3 is 2.65 bits per heavy atom. The van der Waals surface area contributed by atoms with Crippen molar-refractivity contribution >= 4 is 5.69 Å². The lowest BCUT2D eigenvalue weighted by Crippen LogP contribution is -1.93. The quantitative estimate of drug-likeness (QED) is 0.806. The Hall–Kier alpha value is -1.96. The molecule has 2 aromatic rings. The average molecular weight is 227 g/mol. The third-order valence-corrected chi connectivity index (χ3v) is 2.70. The molecule has 0 aliphatic rings. The van der Waals surface area contributed by atoms with E-state index in [0.29, 0.717) is 11.4 Å². The normalized spacial score (nSPS) is 10.2. The fourth-order valence-corrected chi connectivity index (χ4v) is 1.72. The molecule has 0 unspecified atom stereocenters. The largest absolute Gasteiger partial charge is 0.455 e. The van der Waals surface area contributed by atoms with Gasteiger partial charge >= 0.3 is 0 Å². The van der Waals surface area contributed by atoms with E-state index in [1.165, 1.54) is 5.56 Å². The molecule has 2 rings (SSSR count). The van der Waals surface area contributed by atoms with Crippen LogP contribution in [0.15, 0.2) is 42.5 Å². The topological polar surface area (TPSA) is 35.2 Å². The van der Waals surface area contributed by atoms with E-state index >= 15 is 0 Å². The van der Waals surface area contributed by atoms with Gasteiger partial charge in [-0.1, -0.05) is 25.1 Å². The van der Waals surface area contributed by atoms with Gasteiger partial charge in [0.15, 0.2) is 0 Å². The van der Waals surface area contributed by atoms with Gasteiger partial charge in [0.05, 0.1) is 5.69 Å². The average Bonchev–Trinajstić information content (AvgIpc) is 2.33. The highest BCUT2D eigenvalue weighted by Crippen LogP contribution is 2.28. The molecule has 2 heteroatoms. The number of aryl methyl sites for hydroxylation is 2. The van der Waals surface area contributed by atoms with Crippen LogP contribution in [0, 0.1) is 6.92 Å². The molecule has 0 saturated heterocycles. The highest BCUT2D eigenvalue weighted by molar-refractivity contribution is 5.55. The number of hydrogen-bond acceptors (Lipinski definition) is 2. The second kappa shape index (κ2) is 4.91. The highest BCUT2D eigenvalue weighted by atomic mass is 16.5. The van der Waals surface area contributed by atoms with Crippen LogP contribution in [-0.2, 0) is 6.42 Å². The van der Waals surface area contributed by atoms with Gasteiger partial charge in [-0.05, 0) is 48.7 Å². The molecule has 2 nitrogen and oxygen atoms in total. The molecule has 0 radical (unpaired) electrons. The zero-order valence-electron chi connectivity index (χ0n) is 10.2. The van der Waals surface area contributed by atoms with Gasteiger partial charge < -0.3 is 10.5 Å². The van der Waals surface area contributed by atoms with Crippen molar-refractivity contribution in [1.29, 1.82) is 0 Å². The maximum Gasteiger partial charge on any atom is 0.150 e. The Morgan fingerprint density at radius 2 is 1.94 bits per heavy atom. The molecule has 2 N–H and O–H groups in total. The van der Waals surface area contributed by atoms with Crippen LogP contribution in [0.3, 0.4) is 0 Å². The lowest BCUT2D eigenvalue weighted by Gasteiger charge is -2.09. The van der Waals surface area contributed by atoms with Crippen LogP contribution >= 0.6 is 0 Å². The SMILES string of the molecule is CCc1cccc(Oc2ccc(C)cc2N)c1. The number of hydrogen-bond donors (Lipinski definition) is 1. The number of rotatable bonds is 3. The molecule has 0 aromatic heterocycles. The first-order chi connectivity index (χ1) is 8.19. The molecule has 0 amide bonds. The molecule has 0 atom stereocenters. The van der Waals surface area contributed by atoms with Gasteiger partial charge in [-0.3, -0.25) is 0 Å². The van der Waals surface area contributed by atoms with Crippen LogP contribution in [0.25, 0.3) is 0 Å². The summed E-state index contributed by atoms with van der Waals surface area (Å²) in [5, 5.41) is 0. The fourth-order valence-electron chi connectivity index (χ4n) is 1.72. The Kier molecular flexibility index (Phi) is 3.33. The number of nitrogens with two attached hydrogens (primary N) is 1. The highest BCUT2D eigenvalue weighted by Gasteiger charge is 2.02. The molecule has 0 bridgehead atoms. The van der Waals surface area contributed by atoms with Gasteiger partial charge in [0.2, 0.25) is 0 Å². The van der Waals surface area contributed by atoms with Crippen LogP contribution < -0.4 is 10.5 Å². The third kappa shape index (κ3) is 2.78. The van der Waals surface area contributed by atoms with E-state index in [2.05, 4.69) is 13.0 Å². The third-order valence-electron chi connectivity index (χ3n) is 2.70. The van der Waals surface area contributed by atoms with E-state index < -0.39 is 0 Å².